The first kappa shape index (κ1) is 25.7. The average molecular weight is 484 g/mol. The molecule has 0 radical (unpaired) electrons. The Labute approximate surface area is 197 Å². The van der Waals surface area contributed by atoms with Crippen molar-refractivity contribution in [2.45, 2.75) is 70.4 Å². The van der Waals surface area contributed by atoms with E-state index in [-0.39, 0.29) is 5.91 Å². The van der Waals surface area contributed by atoms with E-state index in [4.69, 9.17) is 18.8 Å². The highest BCUT2D eigenvalue weighted by Crippen LogP contribution is 2.35. The zero-order chi connectivity index (χ0) is 23.7. The molecule has 2 aliphatic rings. The second-order valence-electron chi connectivity index (χ2n) is 8.76. The molecule has 3 rings (SSSR count). The smallest absolute Gasteiger partial charge is 0.333 e. The third-order valence-electron chi connectivity index (χ3n) is 6.01. The molecule has 2 heterocycles. The molecular weight excluding hydrogens is 446 g/mol. The van der Waals surface area contributed by atoms with Crippen LogP contribution in [0.1, 0.15) is 70.0 Å². The van der Waals surface area contributed by atoms with Crippen LogP contribution in [0.4, 0.5) is 0 Å². The van der Waals surface area contributed by atoms with Gasteiger partial charge in [0.05, 0.1) is 6.04 Å². The van der Waals surface area contributed by atoms with Crippen LogP contribution in [0.5, 0.6) is 11.5 Å². The number of benzene rings is 1. The Balaban J connectivity index is 1.79. The Bertz CT molecular complexity index is 873. The van der Waals surface area contributed by atoms with Crippen LogP contribution in [0.3, 0.4) is 0 Å². The van der Waals surface area contributed by atoms with Gasteiger partial charge in [0, 0.05) is 13.0 Å². The van der Waals surface area contributed by atoms with E-state index >= 15 is 0 Å². The van der Waals surface area contributed by atoms with Crippen molar-refractivity contribution in [3.63, 3.8) is 0 Å². The number of fused-ring (bicyclic) bond motifs is 1. The van der Waals surface area contributed by atoms with Crippen molar-refractivity contribution < 1.29 is 26.9 Å². The number of ether oxygens (including phenoxy) is 2. The van der Waals surface area contributed by atoms with Gasteiger partial charge in [0.2, 0.25) is 5.91 Å². The molecule has 186 valence electrons. The molecule has 33 heavy (non-hydrogen) atoms. The number of amides is 1. The summed E-state index contributed by atoms with van der Waals surface area (Å²) in [6, 6.07) is 4.58. The van der Waals surface area contributed by atoms with Crippen LogP contribution in [0.2, 0.25) is 0 Å². The third-order valence-corrected chi connectivity index (χ3v) is 6.48. The Morgan fingerprint density at radius 1 is 1.12 bits per heavy atom. The lowest BCUT2D eigenvalue weighted by Crippen LogP contribution is -2.48. The SMILES string of the molecule is CCCCCCCC(=O)N[C@H](CN1CCCC1)[C@H](OS(N)(=O)=O)c1ccc2c(c1)OCCO2. The predicted molar refractivity (Wildman–Crippen MR) is 125 cm³/mol. The summed E-state index contributed by atoms with van der Waals surface area (Å²) in [7, 11) is -4.28. The van der Waals surface area contributed by atoms with Crippen LogP contribution in [0, 0.1) is 0 Å². The van der Waals surface area contributed by atoms with Gasteiger partial charge in [-0.25, -0.2) is 9.32 Å². The number of nitrogens with zero attached hydrogens (tertiary/aromatic N) is 1. The Kier molecular flexibility index (Phi) is 9.78. The highest BCUT2D eigenvalue weighted by Gasteiger charge is 2.32. The summed E-state index contributed by atoms with van der Waals surface area (Å²) in [5.41, 5.74) is 0.556. The van der Waals surface area contributed by atoms with Crippen molar-refractivity contribution in [2.75, 3.05) is 32.8 Å². The van der Waals surface area contributed by atoms with Crippen molar-refractivity contribution in [1.29, 1.82) is 0 Å². The molecule has 9 nitrogen and oxygen atoms in total. The van der Waals surface area contributed by atoms with Gasteiger partial charge in [-0.2, -0.15) is 8.42 Å². The highest BCUT2D eigenvalue weighted by atomic mass is 32.2. The number of unbranched alkanes of at least 4 members (excludes halogenated alkanes) is 4. The van der Waals surface area contributed by atoms with E-state index in [0.29, 0.717) is 43.2 Å². The molecular formula is C23H37N3O6S. The van der Waals surface area contributed by atoms with Crippen molar-refractivity contribution in [3.8, 4) is 11.5 Å². The topological polar surface area (TPSA) is 120 Å². The summed E-state index contributed by atoms with van der Waals surface area (Å²) in [4.78, 5) is 15.0. The lowest BCUT2D eigenvalue weighted by Gasteiger charge is -2.31. The molecule has 0 unspecified atom stereocenters. The summed E-state index contributed by atoms with van der Waals surface area (Å²) in [5, 5.41) is 8.32. The Hall–Kier alpha value is -1.88. The lowest BCUT2D eigenvalue weighted by molar-refractivity contribution is -0.122. The summed E-state index contributed by atoms with van der Waals surface area (Å²) in [6.07, 6.45) is 6.76. The van der Waals surface area contributed by atoms with Crippen molar-refractivity contribution in [1.82, 2.24) is 10.2 Å². The van der Waals surface area contributed by atoms with E-state index in [2.05, 4.69) is 17.1 Å². The second-order valence-corrected chi connectivity index (χ2v) is 9.94. The van der Waals surface area contributed by atoms with E-state index < -0.39 is 22.4 Å². The number of nitrogens with one attached hydrogen (secondary N) is 1. The van der Waals surface area contributed by atoms with Crippen molar-refractivity contribution >= 4 is 16.2 Å². The third kappa shape index (κ3) is 8.44. The summed E-state index contributed by atoms with van der Waals surface area (Å²) in [6.45, 7) is 5.27. The zero-order valence-corrected chi connectivity index (χ0v) is 20.3. The zero-order valence-electron chi connectivity index (χ0n) is 19.5. The summed E-state index contributed by atoms with van der Waals surface area (Å²) < 4.78 is 40.6. The van der Waals surface area contributed by atoms with Gasteiger partial charge in [-0.15, -0.1) is 0 Å². The minimum absolute atomic E-state index is 0.115. The Morgan fingerprint density at radius 2 is 1.82 bits per heavy atom. The number of hydrogen-bond donors (Lipinski definition) is 2. The summed E-state index contributed by atoms with van der Waals surface area (Å²) in [5.74, 6) is 0.992. The van der Waals surface area contributed by atoms with Crippen molar-refractivity contribution in [3.05, 3.63) is 23.8 Å². The fraction of sp³-hybridized carbons (Fsp3) is 0.696. The molecule has 2 aliphatic heterocycles. The predicted octanol–water partition coefficient (Wildman–Crippen LogP) is 2.66. The number of rotatable bonds is 13. The molecule has 0 aliphatic carbocycles. The molecule has 1 saturated heterocycles. The molecule has 3 N–H and O–H groups in total. The first-order chi connectivity index (χ1) is 15.9. The van der Waals surface area contributed by atoms with E-state index in [1.807, 2.05) is 0 Å². The molecule has 0 saturated carbocycles. The maximum Gasteiger partial charge on any atom is 0.333 e. The Morgan fingerprint density at radius 3 is 2.52 bits per heavy atom. The van der Waals surface area contributed by atoms with Crippen LogP contribution >= 0.6 is 0 Å². The number of carbonyl (C=O) groups is 1. The minimum Gasteiger partial charge on any atom is -0.486 e. The van der Waals surface area contributed by atoms with Gasteiger partial charge in [0.15, 0.2) is 11.5 Å². The second kappa shape index (κ2) is 12.5. The molecule has 1 amide bonds. The number of likely N-dealkylation sites (tertiary alicyclic amines) is 1. The largest absolute Gasteiger partial charge is 0.486 e. The molecule has 1 aromatic carbocycles. The van der Waals surface area contributed by atoms with Gasteiger partial charge in [-0.05, 0) is 50.0 Å². The molecule has 0 bridgehead atoms. The van der Waals surface area contributed by atoms with E-state index in [9.17, 15) is 13.2 Å². The maximum atomic E-state index is 12.8. The molecule has 1 fully saturated rings. The summed E-state index contributed by atoms with van der Waals surface area (Å²) >= 11 is 0. The van der Waals surface area contributed by atoms with E-state index in [1.54, 1.807) is 18.2 Å². The standard InChI is InChI=1S/C23H37N3O6S/c1-2-3-4-5-6-9-22(27)25-19(17-26-12-7-8-13-26)23(32-33(24,28)29)18-10-11-20-21(16-18)31-15-14-30-20/h10-11,16,19,23H,2-9,12-15,17H2,1H3,(H,25,27)(H2,24,28,29)/t19-,23-/m1/s1. The molecule has 0 aromatic heterocycles. The maximum absolute atomic E-state index is 12.8. The number of carbonyl (C=O) groups excluding carboxylic acids is 1. The number of nitrogens with two attached hydrogens (primary N) is 1. The van der Waals surface area contributed by atoms with Crippen LogP contribution in [0.25, 0.3) is 0 Å². The monoisotopic (exact) mass is 483 g/mol. The van der Waals surface area contributed by atoms with Gasteiger partial charge in [-0.1, -0.05) is 38.7 Å². The van der Waals surface area contributed by atoms with Crippen LogP contribution < -0.4 is 19.9 Å². The van der Waals surface area contributed by atoms with Gasteiger partial charge in [0.25, 0.3) is 0 Å². The fourth-order valence-electron chi connectivity index (χ4n) is 4.36. The van der Waals surface area contributed by atoms with Gasteiger partial charge in [0.1, 0.15) is 19.3 Å². The van der Waals surface area contributed by atoms with Gasteiger partial charge >= 0.3 is 10.3 Å². The van der Waals surface area contributed by atoms with Crippen LogP contribution in [-0.2, 0) is 19.3 Å². The number of hydrogen-bond acceptors (Lipinski definition) is 7. The van der Waals surface area contributed by atoms with Gasteiger partial charge < -0.3 is 19.7 Å². The van der Waals surface area contributed by atoms with E-state index in [1.165, 1.54) is 0 Å². The van der Waals surface area contributed by atoms with E-state index in [0.717, 1.165) is 58.0 Å². The fourth-order valence-corrected chi connectivity index (χ4v) is 4.90. The molecule has 1 aromatic rings. The first-order valence-corrected chi connectivity index (χ1v) is 13.4. The van der Waals surface area contributed by atoms with Crippen LogP contribution in [-0.4, -0.2) is 58.1 Å². The average Bonchev–Trinajstić information content (AvgIpc) is 3.29. The molecule has 0 spiro atoms. The quantitative estimate of drug-likeness (QED) is 0.414. The lowest BCUT2D eigenvalue weighted by atomic mass is 10.0. The van der Waals surface area contributed by atoms with Crippen molar-refractivity contribution in [2.24, 2.45) is 5.14 Å². The molecule has 2 atom stereocenters. The normalized spacial score (nSPS) is 18.1. The van der Waals surface area contributed by atoms with Gasteiger partial charge in [-0.3, -0.25) is 4.79 Å². The first-order valence-electron chi connectivity index (χ1n) is 12.0. The molecule has 10 heteroatoms. The minimum atomic E-state index is -4.28. The highest BCUT2D eigenvalue weighted by molar-refractivity contribution is 7.84. The van der Waals surface area contributed by atoms with Crippen LogP contribution in [0.15, 0.2) is 18.2 Å².